The molecule has 168 valence electrons. The van der Waals surface area contributed by atoms with Gasteiger partial charge in [-0.1, -0.05) is 24.3 Å². The number of aromatic nitrogens is 1. The first-order chi connectivity index (χ1) is 15.7. The molecule has 0 saturated carbocycles. The summed E-state index contributed by atoms with van der Waals surface area (Å²) in [6.45, 7) is 0. The number of hydrogen-bond donors (Lipinski definition) is 2. The first kappa shape index (κ1) is 22.2. The number of hydrogen-bond acceptors (Lipinski definition) is 6. The van der Waals surface area contributed by atoms with Gasteiger partial charge in [0.15, 0.2) is 11.6 Å². The summed E-state index contributed by atoms with van der Waals surface area (Å²) in [5.41, 5.74) is 0.835. The van der Waals surface area contributed by atoms with Gasteiger partial charge < -0.3 is 14.8 Å². The lowest BCUT2D eigenvalue weighted by molar-refractivity contribution is 0.102. The number of anilines is 1. The summed E-state index contributed by atoms with van der Waals surface area (Å²) in [4.78, 5) is 17.4. The Kier molecular flexibility index (Phi) is 5.95. The standard InChI is InChI=1S/C23H18FN3O5S/c1-31-21-10-9-16(13-19(21)24)32-23-18(11-14-5-2-3-8-20(14)27-23)22(28)26-15-6-4-7-17(12-15)33(25,29)30/h2-13H,1H3,(H,26,28)(H2,25,29,30). The minimum atomic E-state index is -3.95. The highest BCUT2D eigenvalue weighted by molar-refractivity contribution is 7.89. The molecular formula is C23H18FN3O5S. The fraction of sp³-hybridized carbons (Fsp3) is 0.0435. The molecule has 0 aliphatic heterocycles. The van der Waals surface area contributed by atoms with Gasteiger partial charge in [0.2, 0.25) is 15.9 Å². The van der Waals surface area contributed by atoms with Gasteiger partial charge in [-0.2, -0.15) is 0 Å². The number of methoxy groups -OCH3 is 1. The number of sulfonamides is 1. The van der Waals surface area contributed by atoms with Crippen molar-refractivity contribution in [3.05, 3.63) is 84.2 Å². The number of benzene rings is 3. The van der Waals surface area contributed by atoms with E-state index in [1.807, 2.05) is 0 Å². The number of pyridine rings is 1. The highest BCUT2D eigenvalue weighted by atomic mass is 32.2. The molecule has 0 unspecified atom stereocenters. The number of fused-ring (bicyclic) bond motifs is 1. The van der Waals surface area contributed by atoms with Crippen molar-refractivity contribution in [2.75, 3.05) is 12.4 Å². The van der Waals surface area contributed by atoms with E-state index < -0.39 is 21.7 Å². The summed E-state index contributed by atoms with van der Waals surface area (Å²) in [6, 6.07) is 18.2. The second-order valence-corrected chi connectivity index (χ2v) is 8.52. The molecule has 0 radical (unpaired) electrons. The number of nitrogens with two attached hydrogens (primary N) is 1. The number of rotatable bonds is 6. The van der Waals surface area contributed by atoms with E-state index in [2.05, 4.69) is 10.3 Å². The van der Waals surface area contributed by atoms with Crippen molar-refractivity contribution >= 4 is 32.5 Å². The van der Waals surface area contributed by atoms with Crippen molar-refractivity contribution in [2.24, 2.45) is 5.14 Å². The highest BCUT2D eigenvalue weighted by Gasteiger charge is 2.18. The van der Waals surface area contributed by atoms with Crippen LogP contribution < -0.4 is 19.9 Å². The average molecular weight is 467 g/mol. The molecule has 4 aromatic rings. The third kappa shape index (κ3) is 4.92. The van der Waals surface area contributed by atoms with Gasteiger partial charge in [0, 0.05) is 17.1 Å². The van der Waals surface area contributed by atoms with Gasteiger partial charge in [0.25, 0.3) is 5.91 Å². The van der Waals surface area contributed by atoms with Crippen LogP contribution in [-0.2, 0) is 10.0 Å². The Morgan fingerprint density at radius 1 is 1.03 bits per heavy atom. The Morgan fingerprint density at radius 3 is 2.55 bits per heavy atom. The number of nitrogens with zero attached hydrogens (tertiary/aromatic N) is 1. The first-order valence-corrected chi connectivity index (χ1v) is 11.1. The molecule has 3 aromatic carbocycles. The van der Waals surface area contributed by atoms with Crippen molar-refractivity contribution in [2.45, 2.75) is 4.90 Å². The van der Waals surface area contributed by atoms with E-state index in [1.54, 1.807) is 30.3 Å². The molecule has 33 heavy (non-hydrogen) atoms. The molecule has 4 rings (SSSR count). The Balaban J connectivity index is 1.73. The number of ether oxygens (including phenoxy) is 2. The van der Waals surface area contributed by atoms with Crippen molar-refractivity contribution < 1.29 is 27.1 Å². The van der Waals surface area contributed by atoms with Crippen LogP contribution in [0.15, 0.2) is 77.7 Å². The van der Waals surface area contributed by atoms with Gasteiger partial charge in [-0.3, -0.25) is 4.79 Å². The molecule has 0 aliphatic rings. The van der Waals surface area contributed by atoms with E-state index in [1.165, 1.54) is 43.5 Å². The molecule has 10 heteroatoms. The molecule has 1 aromatic heterocycles. The number of carbonyl (C=O) groups is 1. The van der Waals surface area contributed by atoms with E-state index >= 15 is 0 Å². The maximum Gasteiger partial charge on any atom is 0.261 e. The summed E-state index contributed by atoms with van der Waals surface area (Å²) in [5.74, 6) is -1.15. The van der Waals surface area contributed by atoms with E-state index in [0.717, 1.165) is 6.07 Å². The SMILES string of the molecule is COc1ccc(Oc2nc3ccccc3cc2C(=O)Nc2cccc(S(N)(=O)=O)c2)cc1F. The van der Waals surface area contributed by atoms with Crippen molar-refractivity contribution in [3.63, 3.8) is 0 Å². The normalized spacial score (nSPS) is 11.2. The van der Waals surface area contributed by atoms with E-state index in [4.69, 9.17) is 14.6 Å². The Labute approximate surface area is 188 Å². The molecule has 0 aliphatic carbocycles. The predicted octanol–water partition coefficient (Wildman–Crippen LogP) is 4.07. The average Bonchev–Trinajstić information content (AvgIpc) is 2.78. The predicted molar refractivity (Wildman–Crippen MR) is 121 cm³/mol. The van der Waals surface area contributed by atoms with Gasteiger partial charge in [-0.25, -0.2) is 22.9 Å². The third-order valence-corrected chi connectivity index (χ3v) is 5.60. The monoisotopic (exact) mass is 467 g/mol. The van der Waals surface area contributed by atoms with E-state index in [9.17, 15) is 17.6 Å². The second-order valence-electron chi connectivity index (χ2n) is 6.96. The van der Waals surface area contributed by atoms with Crippen molar-refractivity contribution in [3.8, 4) is 17.4 Å². The molecule has 0 bridgehead atoms. The number of carbonyl (C=O) groups excluding carboxylic acids is 1. The molecule has 0 fully saturated rings. The first-order valence-electron chi connectivity index (χ1n) is 9.60. The summed E-state index contributed by atoms with van der Waals surface area (Å²) in [5, 5.41) is 8.46. The fourth-order valence-electron chi connectivity index (χ4n) is 3.11. The summed E-state index contributed by atoms with van der Waals surface area (Å²) >= 11 is 0. The molecule has 3 N–H and O–H groups in total. The zero-order chi connectivity index (χ0) is 23.6. The number of halogens is 1. The fourth-order valence-corrected chi connectivity index (χ4v) is 3.67. The number of nitrogens with one attached hydrogen (secondary N) is 1. The number of amides is 1. The lowest BCUT2D eigenvalue weighted by Gasteiger charge is -2.13. The largest absolute Gasteiger partial charge is 0.494 e. The van der Waals surface area contributed by atoms with E-state index in [0.29, 0.717) is 10.9 Å². The lowest BCUT2D eigenvalue weighted by Crippen LogP contribution is -2.16. The quantitative estimate of drug-likeness (QED) is 0.441. The smallest absolute Gasteiger partial charge is 0.261 e. The molecule has 0 atom stereocenters. The maximum atomic E-state index is 14.1. The third-order valence-electron chi connectivity index (χ3n) is 4.69. The maximum absolute atomic E-state index is 14.1. The molecular weight excluding hydrogens is 449 g/mol. The van der Waals surface area contributed by atoms with Crippen LogP contribution in [0.2, 0.25) is 0 Å². The molecule has 0 saturated heterocycles. The highest BCUT2D eigenvalue weighted by Crippen LogP contribution is 2.30. The van der Waals surface area contributed by atoms with Crippen LogP contribution >= 0.6 is 0 Å². The molecule has 1 amide bonds. The van der Waals surface area contributed by atoms with Gasteiger partial charge >= 0.3 is 0 Å². The van der Waals surface area contributed by atoms with Gasteiger partial charge in [0.05, 0.1) is 17.5 Å². The molecule has 0 spiro atoms. The van der Waals surface area contributed by atoms with Crippen LogP contribution in [-0.4, -0.2) is 26.4 Å². The van der Waals surface area contributed by atoms with Crippen LogP contribution in [0, 0.1) is 5.82 Å². The zero-order valence-corrected chi connectivity index (χ0v) is 18.1. The van der Waals surface area contributed by atoms with Crippen molar-refractivity contribution in [1.82, 2.24) is 4.98 Å². The number of para-hydroxylation sites is 1. The Hall–Kier alpha value is -4.02. The zero-order valence-electron chi connectivity index (χ0n) is 17.3. The molecule has 1 heterocycles. The van der Waals surface area contributed by atoms with Crippen LogP contribution in [0.1, 0.15) is 10.4 Å². The lowest BCUT2D eigenvalue weighted by atomic mass is 10.1. The van der Waals surface area contributed by atoms with Gasteiger partial charge in [-0.15, -0.1) is 0 Å². The summed E-state index contributed by atoms with van der Waals surface area (Å²) < 4.78 is 48.0. The minimum absolute atomic E-state index is 0.0431. The topological polar surface area (TPSA) is 121 Å². The van der Waals surface area contributed by atoms with Gasteiger partial charge in [-0.05, 0) is 42.5 Å². The van der Waals surface area contributed by atoms with E-state index in [-0.39, 0.29) is 33.5 Å². The molecule has 8 nitrogen and oxygen atoms in total. The van der Waals surface area contributed by atoms with Crippen LogP contribution in [0.4, 0.5) is 10.1 Å². The van der Waals surface area contributed by atoms with Gasteiger partial charge in [0.1, 0.15) is 11.3 Å². The van der Waals surface area contributed by atoms with Crippen LogP contribution in [0.25, 0.3) is 10.9 Å². The summed E-state index contributed by atoms with van der Waals surface area (Å²) in [6.07, 6.45) is 0. The number of primary sulfonamides is 1. The Bertz CT molecular complexity index is 1470. The minimum Gasteiger partial charge on any atom is -0.494 e. The van der Waals surface area contributed by atoms with Crippen LogP contribution in [0.3, 0.4) is 0 Å². The second kappa shape index (κ2) is 8.85. The van der Waals surface area contributed by atoms with Crippen molar-refractivity contribution in [1.29, 1.82) is 0 Å². The summed E-state index contributed by atoms with van der Waals surface area (Å²) in [7, 11) is -2.60. The Morgan fingerprint density at radius 2 is 1.82 bits per heavy atom. The van der Waals surface area contributed by atoms with Crippen LogP contribution in [0.5, 0.6) is 17.4 Å².